The van der Waals surface area contributed by atoms with E-state index in [1.54, 1.807) is 11.3 Å². The highest BCUT2D eigenvalue weighted by atomic mass is 127. The Morgan fingerprint density at radius 3 is 2.92 bits per heavy atom. The van der Waals surface area contributed by atoms with E-state index in [2.05, 4.69) is 51.7 Å². The summed E-state index contributed by atoms with van der Waals surface area (Å²) in [5.74, 6) is 1.46. The van der Waals surface area contributed by atoms with Crippen LogP contribution in [0.5, 0.6) is 0 Å². The van der Waals surface area contributed by atoms with Crippen molar-refractivity contribution in [2.45, 2.75) is 38.8 Å². The van der Waals surface area contributed by atoms with E-state index in [4.69, 9.17) is 11.6 Å². The van der Waals surface area contributed by atoms with Gasteiger partial charge in [0.05, 0.1) is 17.2 Å². The molecule has 0 radical (unpaired) electrons. The second-order valence-electron chi connectivity index (χ2n) is 6.16. The molecule has 25 heavy (non-hydrogen) atoms. The number of halogens is 2. The molecule has 7 heteroatoms. The second kappa shape index (κ2) is 9.19. The maximum Gasteiger partial charge on any atom is 0.194 e. The highest BCUT2D eigenvalue weighted by Crippen LogP contribution is 2.41. The van der Waals surface area contributed by atoms with E-state index in [9.17, 15) is 0 Å². The maximum absolute atomic E-state index is 6.10. The molecule has 0 spiro atoms. The number of nitrogens with one attached hydrogen (secondary N) is 1. The fourth-order valence-corrected chi connectivity index (χ4v) is 3.65. The molecule has 0 bridgehead atoms. The fourth-order valence-electron chi connectivity index (χ4n) is 2.85. The first-order valence-corrected chi connectivity index (χ1v) is 9.51. The lowest BCUT2D eigenvalue weighted by Crippen LogP contribution is -2.40. The molecule has 3 rings (SSSR count). The Bertz CT molecular complexity index is 733. The van der Waals surface area contributed by atoms with Crippen LogP contribution in [-0.4, -0.2) is 35.5 Å². The van der Waals surface area contributed by atoms with E-state index in [-0.39, 0.29) is 24.0 Å². The number of benzene rings is 1. The van der Waals surface area contributed by atoms with Crippen molar-refractivity contribution < 1.29 is 0 Å². The first-order valence-electron chi connectivity index (χ1n) is 8.25. The topological polar surface area (TPSA) is 40.5 Å². The number of hydrogen-bond acceptors (Lipinski definition) is 3. The SMILES string of the molecule is CCN=C(NC1CC1c1cccc(Cl)c1)N(C)Cc1csc(C)n1.I. The normalized spacial score (nSPS) is 19.3. The van der Waals surface area contributed by atoms with Gasteiger partial charge in [-0.05, 0) is 38.0 Å². The summed E-state index contributed by atoms with van der Waals surface area (Å²) in [4.78, 5) is 11.3. The van der Waals surface area contributed by atoms with Crippen LogP contribution in [0.4, 0.5) is 0 Å². The van der Waals surface area contributed by atoms with Crippen molar-refractivity contribution >= 4 is 52.9 Å². The van der Waals surface area contributed by atoms with Crippen molar-refractivity contribution in [2.75, 3.05) is 13.6 Å². The van der Waals surface area contributed by atoms with Gasteiger partial charge in [-0.2, -0.15) is 0 Å². The summed E-state index contributed by atoms with van der Waals surface area (Å²) in [6.07, 6.45) is 1.12. The van der Waals surface area contributed by atoms with Gasteiger partial charge in [-0.25, -0.2) is 4.98 Å². The van der Waals surface area contributed by atoms with Gasteiger partial charge in [0.15, 0.2) is 5.96 Å². The zero-order valence-corrected chi connectivity index (χ0v) is 18.6. The average molecular weight is 491 g/mol. The van der Waals surface area contributed by atoms with E-state index >= 15 is 0 Å². The first-order chi connectivity index (χ1) is 11.6. The third-order valence-corrected chi connectivity index (χ3v) is 5.17. The summed E-state index contributed by atoms with van der Waals surface area (Å²) in [6.45, 7) is 5.62. The van der Waals surface area contributed by atoms with Gasteiger partial charge in [-0.3, -0.25) is 4.99 Å². The molecule has 4 nitrogen and oxygen atoms in total. The zero-order chi connectivity index (χ0) is 17.1. The molecule has 0 aliphatic heterocycles. The van der Waals surface area contributed by atoms with E-state index < -0.39 is 0 Å². The molecule has 2 aromatic rings. The summed E-state index contributed by atoms with van der Waals surface area (Å²) >= 11 is 7.79. The van der Waals surface area contributed by atoms with E-state index in [0.717, 1.165) is 41.2 Å². The number of aromatic nitrogens is 1. The predicted octanol–water partition coefficient (Wildman–Crippen LogP) is 4.68. The molecule has 1 saturated carbocycles. The lowest BCUT2D eigenvalue weighted by Gasteiger charge is -2.22. The minimum atomic E-state index is 0. The van der Waals surface area contributed by atoms with Crippen LogP contribution in [0.1, 0.15) is 35.5 Å². The highest BCUT2D eigenvalue weighted by molar-refractivity contribution is 14.0. The second-order valence-corrected chi connectivity index (χ2v) is 7.66. The summed E-state index contributed by atoms with van der Waals surface area (Å²) in [5, 5.41) is 7.61. The summed E-state index contributed by atoms with van der Waals surface area (Å²) in [6, 6.07) is 8.57. The highest BCUT2D eigenvalue weighted by Gasteiger charge is 2.39. The summed E-state index contributed by atoms with van der Waals surface area (Å²) in [7, 11) is 2.06. The van der Waals surface area contributed by atoms with Gasteiger partial charge in [0.1, 0.15) is 0 Å². The number of thiazole rings is 1. The molecular weight excluding hydrogens is 467 g/mol. The Morgan fingerprint density at radius 1 is 1.48 bits per heavy atom. The van der Waals surface area contributed by atoms with Crippen LogP contribution in [0.15, 0.2) is 34.6 Å². The molecule has 1 heterocycles. The third-order valence-electron chi connectivity index (χ3n) is 4.12. The van der Waals surface area contributed by atoms with Crippen molar-refractivity contribution in [2.24, 2.45) is 4.99 Å². The predicted molar refractivity (Wildman–Crippen MR) is 117 cm³/mol. The Labute approximate surface area is 175 Å². The number of aliphatic imine (C=N–C) groups is 1. The number of nitrogens with zero attached hydrogens (tertiary/aromatic N) is 3. The Hall–Kier alpha value is -0.860. The number of guanidine groups is 1. The van der Waals surface area contributed by atoms with Crippen LogP contribution in [0.25, 0.3) is 0 Å². The number of aryl methyl sites for hydroxylation is 1. The number of hydrogen-bond donors (Lipinski definition) is 1. The third kappa shape index (κ3) is 5.56. The van der Waals surface area contributed by atoms with Crippen molar-refractivity contribution in [1.29, 1.82) is 0 Å². The fraction of sp³-hybridized carbons (Fsp3) is 0.444. The average Bonchev–Trinajstić information content (AvgIpc) is 3.20. The molecule has 1 N–H and O–H groups in total. The lowest BCUT2D eigenvalue weighted by molar-refractivity contribution is 0.468. The lowest BCUT2D eigenvalue weighted by atomic mass is 10.1. The number of rotatable bonds is 5. The van der Waals surface area contributed by atoms with Crippen molar-refractivity contribution in [3.05, 3.63) is 50.9 Å². The van der Waals surface area contributed by atoms with Crippen LogP contribution >= 0.6 is 46.9 Å². The van der Waals surface area contributed by atoms with Crippen LogP contribution in [0.3, 0.4) is 0 Å². The maximum atomic E-state index is 6.10. The molecule has 1 aromatic carbocycles. The van der Waals surface area contributed by atoms with Gasteiger partial charge >= 0.3 is 0 Å². The quantitative estimate of drug-likeness (QED) is 0.376. The van der Waals surface area contributed by atoms with Crippen LogP contribution in [-0.2, 0) is 6.54 Å². The molecular formula is C18H24ClIN4S. The van der Waals surface area contributed by atoms with Crippen molar-refractivity contribution in [3.63, 3.8) is 0 Å². The molecule has 2 unspecified atom stereocenters. The standard InChI is InChI=1S/C18H23ClN4S.HI/c1-4-20-18(23(3)10-15-11-24-12(2)21-15)22-17-9-16(17)13-6-5-7-14(19)8-13;/h5-8,11,16-17H,4,9-10H2,1-3H3,(H,20,22);1H. The van der Waals surface area contributed by atoms with Crippen molar-refractivity contribution in [3.8, 4) is 0 Å². The molecule has 1 fully saturated rings. The van der Waals surface area contributed by atoms with E-state index in [1.165, 1.54) is 5.56 Å². The van der Waals surface area contributed by atoms with Gasteiger partial charge in [0.25, 0.3) is 0 Å². The van der Waals surface area contributed by atoms with Crippen molar-refractivity contribution in [1.82, 2.24) is 15.2 Å². The minimum Gasteiger partial charge on any atom is -0.353 e. The monoisotopic (exact) mass is 490 g/mol. The molecule has 1 aliphatic rings. The van der Waals surface area contributed by atoms with E-state index in [1.807, 2.05) is 19.1 Å². The van der Waals surface area contributed by atoms with Gasteiger partial charge in [-0.15, -0.1) is 35.3 Å². The van der Waals surface area contributed by atoms with Crippen LogP contribution in [0, 0.1) is 6.92 Å². The molecule has 1 aliphatic carbocycles. The zero-order valence-electron chi connectivity index (χ0n) is 14.7. The molecule has 136 valence electrons. The molecule has 2 atom stereocenters. The van der Waals surface area contributed by atoms with Gasteiger partial charge in [-0.1, -0.05) is 23.7 Å². The Morgan fingerprint density at radius 2 is 2.28 bits per heavy atom. The molecule has 0 amide bonds. The smallest absolute Gasteiger partial charge is 0.194 e. The van der Waals surface area contributed by atoms with Gasteiger partial charge in [0, 0.05) is 36.0 Å². The Balaban J connectivity index is 0.00000225. The van der Waals surface area contributed by atoms with Crippen LogP contribution < -0.4 is 5.32 Å². The van der Waals surface area contributed by atoms with Crippen LogP contribution in [0.2, 0.25) is 5.02 Å². The molecule has 0 saturated heterocycles. The molecule has 1 aromatic heterocycles. The minimum absolute atomic E-state index is 0. The summed E-state index contributed by atoms with van der Waals surface area (Å²) in [5.41, 5.74) is 2.39. The van der Waals surface area contributed by atoms with E-state index in [0.29, 0.717) is 12.0 Å². The van der Waals surface area contributed by atoms with Gasteiger partial charge in [0.2, 0.25) is 0 Å². The Kier molecular flexibility index (Phi) is 7.51. The largest absolute Gasteiger partial charge is 0.353 e. The summed E-state index contributed by atoms with van der Waals surface area (Å²) < 4.78 is 0. The first kappa shape index (κ1) is 20.5. The van der Waals surface area contributed by atoms with Gasteiger partial charge < -0.3 is 10.2 Å².